The Labute approximate surface area is 73.4 Å². The van der Waals surface area contributed by atoms with Gasteiger partial charge in [-0.25, -0.2) is 0 Å². The Morgan fingerprint density at radius 2 is 2.42 bits per heavy atom. The number of carboxylic acid groups (broad SMARTS) is 1. The Morgan fingerprint density at radius 1 is 1.75 bits per heavy atom. The highest BCUT2D eigenvalue weighted by Gasteiger charge is 2.39. The molecule has 1 N–H and O–H groups in total. The van der Waals surface area contributed by atoms with E-state index in [1.165, 1.54) is 12.8 Å². The average Bonchev–Trinajstić information content (AvgIpc) is 2.78. The number of carbonyl (C=O) groups is 1. The molecule has 0 saturated carbocycles. The molecule has 1 rings (SSSR count). The van der Waals surface area contributed by atoms with Crippen molar-refractivity contribution in [2.24, 2.45) is 0 Å². The first kappa shape index (κ1) is 9.52. The van der Waals surface area contributed by atoms with Crippen LogP contribution in [0.25, 0.3) is 0 Å². The van der Waals surface area contributed by atoms with Crippen molar-refractivity contribution in [3.63, 3.8) is 0 Å². The Hall–Kier alpha value is -0.570. The van der Waals surface area contributed by atoms with E-state index in [1.54, 1.807) is 6.92 Å². The monoisotopic (exact) mass is 171 g/mol. The second kappa shape index (κ2) is 3.90. The Kier molecular flexibility index (Phi) is 3.09. The summed E-state index contributed by atoms with van der Waals surface area (Å²) in [6.07, 6.45) is 3.58. The van der Waals surface area contributed by atoms with Crippen LogP contribution in [0.5, 0.6) is 0 Å². The molecule has 0 radical (unpaired) electrons. The van der Waals surface area contributed by atoms with E-state index in [2.05, 4.69) is 6.92 Å². The standard InChI is InChI=1S/C9H17NO2/c1-3-4-5-8-6-10(8)7(2)9(11)12/h7-8H,3-6H2,1-2H3,(H,11,12). The molecule has 1 aliphatic heterocycles. The van der Waals surface area contributed by atoms with Crippen LogP contribution < -0.4 is 0 Å². The van der Waals surface area contributed by atoms with Gasteiger partial charge in [-0.3, -0.25) is 9.69 Å². The van der Waals surface area contributed by atoms with Crippen molar-refractivity contribution in [1.82, 2.24) is 4.90 Å². The quantitative estimate of drug-likeness (QED) is 0.634. The molecule has 1 heterocycles. The summed E-state index contributed by atoms with van der Waals surface area (Å²) in [6.45, 7) is 4.90. The Balaban J connectivity index is 2.18. The topological polar surface area (TPSA) is 40.3 Å². The molecule has 3 nitrogen and oxygen atoms in total. The van der Waals surface area contributed by atoms with Gasteiger partial charge in [0.15, 0.2) is 0 Å². The van der Waals surface area contributed by atoms with Crippen molar-refractivity contribution in [3.8, 4) is 0 Å². The molecule has 3 heteroatoms. The Bertz CT molecular complexity index is 170. The van der Waals surface area contributed by atoms with Crippen LogP contribution in [0.15, 0.2) is 0 Å². The predicted octanol–water partition coefficient (Wildman–Crippen LogP) is 1.33. The lowest BCUT2D eigenvalue weighted by Gasteiger charge is -2.07. The summed E-state index contributed by atoms with van der Waals surface area (Å²) in [7, 11) is 0. The van der Waals surface area contributed by atoms with Gasteiger partial charge in [-0.05, 0) is 13.3 Å². The van der Waals surface area contributed by atoms with Crippen molar-refractivity contribution in [3.05, 3.63) is 0 Å². The van der Waals surface area contributed by atoms with E-state index in [0.29, 0.717) is 6.04 Å². The third kappa shape index (κ3) is 2.21. The summed E-state index contributed by atoms with van der Waals surface area (Å²) in [5.41, 5.74) is 0. The van der Waals surface area contributed by atoms with Gasteiger partial charge in [0.05, 0.1) is 0 Å². The summed E-state index contributed by atoms with van der Waals surface area (Å²) in [5.74, 6) is -0.700. The van der Waals surface area contributed by atoms with Crippen LogP contribution in [0.1, 0.15) is 33.1 Å². The van der Waals surface area contributed by atoms with Crippen molar-refractivity contribution in [2.75, 3.05) is 6.54 Å². The first-order valence-electron chi connectivity index (χ1n) is 4.65. The molecule has 1 saturated heterocycles. The molecule has 0 aliphatic carbocycles. The predicted molar refractivity (Wildman–Crippen MR) is 47.1 cm³/mol. The van der Waals surface area contributed by atoms with Crippen molar-refractivity contribution >= 4 is 5.97 Å². The van der Waals surface area contributed by atoms with E-state index < -0.39 is 5.97 Å². The maximum atomic E-state index is 10.6. The number of hydrogen-bond donors (Lipinski definition) is 1. The fraction of sp³-hybridized carbons (Fsp3) is 0.889. The minimum absolute atomic E-state index is 0.285. The Morgan fingerprint density at radius 3 is 2.92 bits per heavy atom. The SMILES string of the molecule is CCCCC1CN1C(C)C(=O)O. The van der Waals surface area contributed by atoms with Crippen molar-refractivity contribution < 1.29 is 9.90 Å². The van der Waals surface area contributed by atoms with E-state index >= 15 is 0 Å². The molecule has 0 amide bonds. The second-order valence-electron chi connectivity index (χ2n) is 3.51. The zero-order valence-corrected chi connectivity index (χ0v) is 7.79. The molecule has 0 aromatic carbocycles. The number of hydrogen-bond acceptors (Lipinski definition) is 2. The van der Waals surface area contributed by atoms with E-state index in [0.717, 1.165) is 13.0 Å². The molecule has 0 spiro atoms. The highest BCUT2D eigenvalue weighted by molar-refractivity contribution is 5.73. The van der Waals surface area contributed by atoms with Gasteiger partial charge in [-0.2, -0.15) is 0 Å². The minimum Gasteiger partial charge on any atom is -0.480 e. The van der Waals surface area contributed by atoms with Crippen LogP contribution in [0.2, 0.25) is 0 Å². The zero-order valence-electron chi connectivity index (χ0n) is 7.79. The number of unbranched alkanes of at least 4 members (excludes halogenated alkanes) is 1. The van der Waals surface area contributed by atoms with Gasteiger partial charge in [0.2, 0.25) is 0 Å². The van der Waals surface area contributed by atoms with Gasteiger partial charge in [-0.1, -0.05) is 19.8 Å². The first-order valence-corrected chi connectivity index (χ1v) is 4.65. The van der Waals surface area contributed by atoms with Gasteiger partial charge >= 0.3 is 5.97 Å². The number of carboxylic acids is 1. The van der Waals surface area contributed by atoms with Gasteiger partial charge in [0.1, 0.15) is 6.04 Å². The molecule has 0 aromatic rings. The van der Waals surface area contributed by atoms with E-state index in [9.17, 15) is 4.79 Å². The van der Waals surface area contributed by atoms with E-state index in [1.807, 2.05) is 4.90 Å². The fourth-order valence-electron chi connectivity index (χ4n) is 1.51. The highest BCUT2D eigenvalue weighted by atomic mass is 16.4. The molecule has 0 aromatic heterocycles. The lowest BCUT2D eigenvalue weighted by Crippen LogP contribution is -2.26. The maximum absolute atomic E-state index is 10.6. The number of aliphatic carboxylic acids is 1. The van der Waals surface area contributed by atoms with Gasteiger partial charge in [0.25, 0.3) is 0 Å². The normalized spacial score (nSPS) is 29.8. The summed E-state index contributed by atoms with van der Waals surface area (Å²) >= 11 is 0. The van der Waals surface area contributed by atoms with E-state index in [-0.39, 0.29) is 6.04 Å². The van der Waals surface area contributed by atoms with Crippen LogP contribution >= 0.6 is 0 Å². The molecule has 0 bridgehead atoms. The van der Waals surface area contributed by atoms with Gasteiger partial charge in [0, 0.05) is 12.6 Å². The van der Waals surface area contributed by atoms with Crippen LogP contribution in [0.3, 0.4) is 0 Å². The van der Waals surface area contributed by atoms with Crippen LogP contribution in [-0.2, 0) is 4.79 Å². The second-order valence-corrected chi connectivity index (χ2v) is 3.51. The molecule has 70 valence electrons. The largest absolute Gasteiger partial charge is 0.480 e. The summed E-state index contributed by atoms with van der Waals surface area (Å²) in [4.78, 5) is 12.6. The summed E-state index contributed by atoms with van der Waals surface area (Å²) in [5, 5.41) is 8.69. The van der Waals surface area contributed by atoms with Gasteiger partial charge in [-0.15, -0.1) is 0 Å². The van der Waals surface area contributed by atoms with Crippen molar-refractivity contribution in [2.45, 2.75) is 45.2 Å². The summed E-state index contributed by atoms with van der Waals surface area (Å²) < 4.78 is 0. The van der Waals surface area contributed by atoms with Crippen LogP contribution in [0, 0.1) is 0 Å². The minimum atomic E-state index is -0.700. The first-order chi connectivity index (χ1) is 5.66. The fourth-order valence-corrected chi connectivity index (χ4v) is 1.51. The molecule has 3 atom stereocenters. The van der Waals surface area contributed by atoms with Crippen molar-refractivity contribution in [1.29, 1.82) is 0 Å². The lowest BCUT2D eigenvalue weighted by atomic mass is 10.2. The number of nitrogens with zero attached hydrogens (tertiary/aromatic N) is 1. The maximum Gasteiger partial charge on any atom is 0.320 e. The molecular formula is C9H17NO2. The molecule has 1 aliphatic rings. The van der Waals surface area contributed by atoms with Crippen LogP contribution in [0.4, 0.5) is 0 Å². The zero-order chi connectivity index (χ0) is 9.14. The lowest BCUT2D eigenvalue weighted by molar-refractivity contribution is -0.140. The molecule has 1 fully saturated rings. The molecular weight excluding hydrogens is 154 g/mol. The van der Waals surface area contributed by atoms with Crippen LogP contribution in [-0.4, -0.2) is 34.6 Å². The highest BCUT2D eigenvalue weighted by Crippen LogP contribution is 2.25. The van der Waals surface area contributed by atoms with Gasteiger partial charge < -0.3 is 5.11 Å². The summed E-state index contributed by atoms with van der Waals surface area (Å²) in [6, 6.07) is 0.267. The third-order valence-electron chi connectivity index (χ3n) is 2.50. The van der Waals surface area contributed by atoms with E-state index in [4.69, 9.17) is 5.11 Å². The smallest absolute Gasteiger partial charge is 0.320 e. The number of rotatable bonds is 5. The molecule has 12 heavy (non-hydrogen) atoms. The molecule has 3 unspecified atom stereocenters. The third-order valence-corrected chi connectivity index (χ3v) is 2.50. The average molecular weight is 171 g/mol.